The van der Waals surface area contributed by atoms with Crippen LogP contribution in [0.2, 0.25) is 0 Å². The molecule has 0 saturated heterocycles. The number of alkyl halides is 3. The summed E-state index contributed by atoms with van der Waals surface area (Å²) in [5.41, 5.74) is 6.67. The predicted molar refractivity (Wildman–Crippen MR) is 71.8 cm³/mol. The lowest BCUT2D eigenvalue weighted by Gasteiger charge is -2.16. The molecule has 0 aliphatic heterocycles. The van der Waals surface area contributed by atoms with Crippen molar-refractivity contribution in [3.05, 3.63) is 53.6 Å². The molecule has 2 N–H and O–H groups in total. The third kappa shape index (κ3) is 3.34. The number of carbonyl (C=O) groups is 1. The van der Waals surface area contributed by atoms with Gasteiger partial charge in [-0.3, -0.25) is 4.79 Å². The maximum absolute atomic E-state index is 12.4. The molecule has 0 aliphatic rings. The zero-order valence-corrected chi connectivity index (χ0v) is 11.1. The van der Waals surface area contributed by atoms with Crippen molar-refractivity contribution in [1.82, 2.24) is 0 Å². The first-order valence-corrected chi connectivity index (χ1v) is 6.04. The van der Waals surface area contributed by atoms with Gasteiger partial charge in [0.15, 0.2) is 0 Å². The molecule has 0 aromatic heterocycles. The second kappa shape index (κ2) is 5.47. The van der Waals surface area contributed by atoms with Gasteiger partial charge in [-0.1, -0.05) is 36.4 Å². The summed E-state index contributed by atoms with van der Waals surface area (Å²) in [5, 5.41) is 0. The number of ether oxygens (including phenoxy) is 1. The van der Waals surface area contributed by atoms with Crippen LogP contribution in [0.1, 0.15) is 15.9 Å². The van der Waals surface area contributed by atoms with Gasteiger partial charge < -0.3 is 10.5 Å². The van der Waals surface area contributed by atoms with Crippen LogP contribution in [0.4, 0.5) is 13.2 Å². The molecule has 0 radical (unpaired) electrons. The summed E-state index contributed by atoms with van der Waals surface area (Å²) in [7, 11) is 0. The Morgan fingerprint density at radius 1 is 1.10 bits per heavy atom. The zero-order valence-electron chi connectivity index (χ0n) is 11.1. The molecule has 0 heterocycles. The first-order valence-electron chi connectivity index (χ1n) is 6.04. The second-order valence-electron chi connectivity index (χ2n) is 4.39. The fourth-order valence-electron chi connectivity index (χ4n) is 2.13. The van der Waals surface area contributed by atoms with Gasteiger partial charge in [-0.2, -0.15) is 0 Å². The maximum atomic E-state index is 12.4. The van der Waals surface area contributed by atoms with Crippen LogP contribution in [-0.4, -0.2) is 12.3 Å². The van der Waals surface area contributed by atoms with Gasteiger partial charge in [-0.05, 0) is 29.7 Å². The molecule has 2 aromatic carbocycles. The van der Waals surface area contributed by atoms with Crippen molar-refractivity contribution in [2.45, 2.75) is 13.3 Å². The molecule has 2 rings (SSSR count). The molecule has 0 bridgehead atoms. The summed E-state index contributed by atoms with van der Waals surface area (Å²) in [6.45, 7) is 1.53. The van der Waals surface area contributed by atoms with E-state index in [2.05, 4.69) is 4.74 Å². The van der Waals surface area contributed by atoms with Crippen molar-refractivity contribution in [2.75, 3.05) is 0 Å². The molecule has 6 heteroatoms. The SMILES string of the molecule is Cc1c(-c2ccccc2)ccc(OC(F)(F)F)c1C(N)=O. The highest BCUT2D eigenvalue weighted by Crippen LogP contribution is 2.34. The Balaban J connectivity index is 2.59. The summed E-state index contributed by atoms with van der Waals surface area (Å²) < 4.78 is 41.0. The quantitative estimate of drug-likeness (QED) is 0.939. The molecule has 0 fully saturated rings. The Kier molecular flexibility index (Phi) is 3.88. The maximum Gasteiger partial charge on any atom is 0.573 e. The monoisotopic (exact) mass is 295 g/mol. The van der Waals surface area contributed by atoms with Gasteiger partial charge in [0.1, 0.15) is 5.75 Å². The number of benzene rings is 2. The van der Waals surface area contributed by atoms with Crippen LogP contribution in [-0.2, 0) is 0 Å². The third-order valence-corrected chi connectivity index (χ3v) is 2.98. The van der Waals surface area contributed by atoms with Crippen LogP contribution in [0, 0.1) is 6.92 Å². The van der Waals surface area contributed by atoms with Gasteiger partial charge in [0.05, 0.1) is 5.56 Å². The highest BCUT2D eigenvalue weighted by molar-refractivity contribution is 5.99. The number of halogens is 3. The average molecular weight is 295 g/mol. The Labute approximate surface area is 119 Å². The van der Waals surface area contributed by atoms with Crippen LogP contribution in [0.25, 0.3) is 11.1 Å². The Hall–Kier alpha value is -2.50. The standard InChI is InChI=1S/C15H12F3NO2/c1-9-11(10-5-3-2-4-6-10)7-8-12(13(9)14(19)20)21-15(16,17)18/h2-8H,1H3,(H2,19,20). The Morgan fingerprint density at radius 3 is 2.24 bits per heavy atom. The molecule has 0 aliphatic carbocycles. The minimum atomic E-state index is -4.88. The molecular formula is C15H12F3NO2. The molecule has 0 saturated carbocycles. The Bertz CT molecular complexity index is 667. The topological polar surface area (TPSA) is 52.3 Å². The molecule has 0 atom stereocenters. The van der Waals surface area contributed by atoms with E-state index in [9.17, 15) is 18.0 Å². The number of primary amides is 1. The average Bonchev–Trinajstić information content (AvgIpc) is 2.37. The van der Waals surface area contributed by atoms with Crippen molar-refractivity contribution >= 4 is 5.91 Å². The molecule has 110 valence electrons. The molecule has 2 aromatic rings. The van der Waals surface area contributed by atoms with Crippen LogP contribution in [0.15, 0.2) is 42.5 Å². The fraction of sp³-hybridized carbons (Fsp3) is 0.133. The number of rotatable bonds is 3. The summed E-state index contributed by atoms with van der Waals surface area (Å²) in [6, 6.07) is 11.5. The van der Waals surface area contributed by atoms with E-state index in [1.54, 1.807) is 24.3 Å². The van der Waals surface area contributed by atoms with E-state index in [0.717, 1.165) is 11.6 Å². The van der Waals surface area contributed by atoms with E-state index in [0.29, 0.717) is 11.1 Å². The zero-order chi connectivity index (χ0) is 15.6. The van der Waals surface area contributed by atoms with Crippen LogP contribution in [0.5, 0.6) is 5.75 Å². The Morgan fingerprint density at radius 2 is 1.71 bits per heavy atom. The first kappa shape index (κ1) is 14.9. The minimum Gasteiger partial charge on any atom is -0.405 e. The molecular weight excluding hydrogens is 283 g/mol. The number of nitrogens with two attached hydrogens (primary N) is 1. The summed E-state index contributed by atoms with van der Waals surface area (Å²) in [4.78, 5) is 11.5. The van der Waals surface area contributed by atoms with E-state index in [1.165, 1.54) is 13.0 Å². The minimum absolute atomic E-state index is 0.270. The van der Waals surface area contributed by atoms with E-state index in [-0.39, 0.29) is 5.56 Å². The van der Waals surface area contributed by atoms with Crippen LogP contribution < -0.4 is 10.5 Å². The lowest BCUT2D eigenvalue weighted by molar-refractivity contribution is -0.274. The van der Waals surface area contributed by atoms with Gasteiger partial charge in [-0.15, -0.1) is 13.2 Å². The number of hydrogen-bond donors (Lipinski definition) is 1. The van der Waals surface area contributed by atoms with E-state index < -0.39 is 18.0 Å². The summed E-state index contributed by atoms with van der Waals surface area (Å²) in [5.74, 6) is -1.56. The lowest BCUT2D eigenvalue weighted by atomic mass is 9.95. The fourth-order valence-corrected chi connectivity index (χ4v) is 2.13. The molecule has 0 unspecified atom stereocenters. The van der Waals surface area contributed by atoms with Gasteiger partial charge in [0.2, 0.25) is 0 Å². The lowest BCUT2D eigenvalue weighted by Crippen LogP contribution is -2.22. The highest BCUT2D eigenvalue weighted by Gasteiger charge is 2.33. The normalized spacial score (nSPS) is 11.2. The number of hydrogen-bond acceptors (Lipinski definition) is 2. The molecule has 21 heavy (non-hydrogen) atoms. The molecule has 1 amide bonds. The number of carbonyl (C=O) groups excluding carboxylic acids is 1. The van der Waals surface area contributed by atoms with E-state index >= 15 is 0 Å². The third-order valence-electron chi connectivity index (χ3n) is 2.98. The highest BCUT2D eigenvalue weighted by atomic mass is 19.4. The second-order valence-corrected chi connectivity index (χ2v) is 4.39. The van der Waals surface area contributed by atoms with Gasteiger partial charge in [0, 0.05) is 0 Å². The van der Waals surface area contributed by atoms with Crippen LogP contribution >= 0.6 is 0 Å². The van der Waals surface area contributed by atoms with Gasteiger partial charge in [-0.25, -0.2) is 0 Å². The van der Waals surface area contributed by atoms with Crippen molar-refractivity contribution in [2.24, 2.45) is 5.73 Å². The van der Waals surface area contributed by atoms with Crippen molar-refractivity contribution in [3.63, 3.8) is 0 Å². The first-order chi connectivity index (χ1) is 9.79. The van der Waals surface area contributed by atoms with Crippen LogP contribution in [0.3, 0.4) is 0 Å². The van der Waals surface area contributed by atoms with Crippen molar-refractivity contribution in [3.8, 4) is 16.9 Å². The van der Waals surface area contributed by atoms with E-state index in [1.807, 2.05) is 6.07 Å². The molecule has 0 spiro atoms. The summed E-state index contributed by atoms with van der Waals surface area (Å²) >= 11 is 0. The predicted octanol–water partition coefficient (Wildman–Crippen LogP) is 3.66. The summed E-state index contributed by atoms with van der Waals surface area (Å²) in [6.07, 6.45) is -4.88. The van der Waals surface area contributed by atoms with Gasteiger partial charge in [0.25, 0.3) is 5.91 Å². The molecule has 3 nitrogen and oxygen atoms in total. The smallest absolute Gasteiger partial charge is 0.405 e. The van der Waals surface area contributed by atoms with Crippen molar-refractivity contribution < 1.29 is 22.7 Å². The van der Waals surface area contributed by atoms with Gasteiger partial charge >= 0.3 is 6.36 Å². The van der Waals surface area contributed by atoms with E-state index in [4.69, 9.17) is 5.73 Å². The number of amides is 1. The largest absolute Gasteiger partial charge is 0.573 e. The van der Waals surface area contributed by atoms with Crippen molar-refractivity contribution in [1.29, 1.82) is 0 Å².